The molecule has 1 heterocycles. The van der Waals surface area contributed by atoms with E-state index in [1.165, 1.54) is 0 Å². The zero-order chi connectivity index (χ0) is 11.9. The smallest absolute Gasteiger partial charge is 0.154 e. The third kappa shape index (κ3) is 1.92. The minimum absolute atomic E-state index is 0.189. The molecule has 2 nitrogen and oxygen atoms in total. The molecule has 0 bridgehead atoms. The Balaban J connectivity index is 2.45. The van der Waals surface area contributed by atoms with Crippen molar-refractivity contribution in [3.05, 3.63) is 28.2 Å². The van der Waals surface area contributed by atoms with Gasteiger partial charge in [0.15, 0.2) is 5.78 Å². The first kappa shape index (κ1) is 11.7. The summed E-state index contributed by atoms with van der Waals surface area (Å²) in [5.74, 6) is 0.237. The van der Waals surface area contributed by atoms with Crippen molar-refractivity contribution in [3.63, 3.8) is 0 Å². The second-order valence-corrected chi connectivity index (χ2v) is 5.47. The maximum absolute atomic E-state index is 11.5. The van der Waals surface area contributed by atoms with E-state index in [1.54, 1.807) is 6.07 Å². The maximum atomic E-state index is 11.5. The van der Waals surface area contributed by atoms with Crippen LogP contribution in [-0.4, -0.2) is 17.9 Å². The zero-order valence-corrected chi connectivity index (χ0v) is 10.8. The van der Waals surface area contributed by atoms with Crippen LogP contribution in [0.25, 0.3) is 0 Å². The highest BCUT2D eigenvalue weighted by atomic mass is 35.5. The van der Waals surface area contributed by atoms with Crippen molar-refractivity contribution < 1.29 is 4.79 Å². The summed E-state index contributed by atoms with van der Waals surface area (Å²) in [4.78, 5) is 13.5. The number of ketones is 1. The summed E-state index contributed by atoms with van der Waals surface area (Å²) in [5, 5.41) is 1.04. The minimum atomic E-state index is -0.189. The lowest BCUT2D eigenvalue weighted by molar-refractivity contribution is -0.116. The van der Waals surface area contributed by atoms with Crippen LogP contribution in [0.4, 0.5) is 5.69 Å². The molecule has 1 aliphatic heterocycles. The molecule has 0 saturated carbocycles. The summed E-state index contributed by atoms with van der Waals surface area (Å²) < 4.78 is 0. The van der Waals surface area contributed by atoms with Gasteiger partial charge in [-0.25, -0.2) is 0 Å². The van der Waals surface area contributed by atoms with E-state index in [4.69, 9.17) is 23.2 Å². The van der Waals surface area contributed by atoms with E-state index in [2.05, 4.69) is 0 Å². The van der Waals surface area contributed by atoms with Crippen molar-refractivity contribution in [2.75, 3.05) is 11.4 Å². The Hall–Kier alpha value is -0.730. The second kappa shape index (κ2) is 3.94. The van der Waals surface area contributed by atoms with Crippen LogP contribution in [0, 0.1) is 0 Å². The predicted molar refractivity (Wildman–Crippen MR) is 67.5 cm³/mol. The molecular weight excluding hydrogens is 245 g/mol. The van der Waals surface area contributed by atoms with Gasteiger partial charge in [0.2, 0.25) is 0 Å². The van der Waals surface area contributed by atoms with E-state index in [0.29, 0.717) is 23.0 Å². The average Bonchev–Trinajstić information content (AvgIpc) is 2.44. The number of benzene rings is 1. The number of nitrogens with zero attached hydrogens (tertiary/aromatic N) is 1. The number of hydrogen-bond acceptors (Lipinski definition) is 2. The summed E-state index contributed by atoms with van der Waals surface area (Å²) in [5.41, 5.74) is 0.649. The highest BCUT2D eigenvalue weighted by molar-refractivity contribution is 6.43. The highest BCUT2D eigenvalue weighted by Crippen LogP contribution is 2.39. The SMILES string of the molecule is CC1(C)CC(=O)CN1c1cccc(Cl)c1Cl. The van der Waals surface area contributed by atoms with E-state index in [9.17, 15) is 4.79 Å². The van der Waals surface area contributed by atoms with Crippen LogP contribution < -0.4 is 4.90 Å². The van der Waals surface area contributed by atoms with Crippen LogP contribution in [0.1, 0.15) is 20.3 Å². The molecule has 0 aromatic heterocycles. The number of anilines is 1. The first-order valence-corrected chi connectivity index (χ1v) is 5.91. The fourth-order valence-electron chi connectivity index (χ4n) is 2.14. The van der Waals surface area contributed by atoms with Crippen molar-refractivity contribution in [1.29, 1.82) is 0 Å². The highest BCUT2D eigenvalue weighted by Gasteiger charge is 2.38. The van der Waals surface area contributed by atoms with Crippen LogP contribution in [0.5, 0.6) is 0 Å². The molecule has 1 saturated heterocycles. The lowest BCUT2D eigenvalue weighted by Crippen LogP contribution is -2.38. The number of halogens is 2. The lowest BCUT2D eigenvalue weighted by Gasteiger charge is -2.33. The summed E-state index contributed by atoms with van der Waals surface area (Å²) in [6.45, 7) is 4.48. The normalized spacial score (nSPS) is 19.2. The molecule has 0 N–H and O–H groups in total. The van der Waals surface area contributed by atoms with Gasteiger partial charge >= 0.3 is 0 Å². The van der Waals surface area contributed by atoms with Crippen LogP contribution in [0.3, 0.4) is 0 Å². The Morgan fingerprint density at radius 1 is 1.31 bits per heavy atom. The molecular formula is C12H13Cl2NO. The Morgan fingerprint density at radius 3 is 2.56 bits per heavy atom. The van der Waals surface area contributed by atoms with E-state index in [0.717, 1.165) is 5.69 Å². The van der Waals surface area contributed by atoms with Crippen molar-refractivity contribution >= 4 is 34.7 Å². The Bertz CT molecular complexity index is 443. The van der Waals surface area contributed by atoms with Gasteiger partial charge in [-0.2, -0.15) is 0 Å². The van der Waals surface area contributed by atoms with Gasteiger partial charge in [0.1, 0.15) is 0 Å². The van der Waals surface area contributed by atoms with E-state index >= 15 is 0 Å². The molecule has 0 atom stereocenters. The molecule has 86 valence electrons. The van der Waals surface area contributed by atoms with Crippen molar-refractivity contribution in [3.8, 4) is 0 Å². The van der Waals surface area contributed by atoms with Crippen LogP contribution in [0.15, 0.2) is 18.2 Å². The topological polar surface area (TPSA) is 20.3 Å². The van der Waals surface area contributed by atoms with Gasteiger partial charge in [0.25, 0.3) is 0 Å². The van der Waals surface area contributed by atoms with Gasteiger partial charge in [-0.1, -0.05) is 29.3 Å². The minimum Gasteiger partial charge on any atom is -0.357 e. The maximum Gasteiger partial charge on any atom is 0.154 e. The molecule has 0 amide bonds. The van der Waals surface area contributed by atoms with Gasteiger partial charge in [-0.15, -0.1) is 0 Å². The number of rotatable bonds is 1. The third-order valence-electron chi connectivity index (χ3n) is 2.92. The molecule has 1 fully saturated rings. The molecule has 2 rings (SSSR count). The Kier molecular flexibility index (Phi) is 2.89. The molecule has 16 heavy (non-hydrogen) atoms. The molecule has 1 aliphatic rings. The number of carbonyl (C=O) groups is 1. The number of carbonyl (C=O) groups excluding carboxylic acids is 1. The molecule has 0 radical (unpaired) electrons. The summed E-state index contributed by atoms with van der Waals surface area (Å²) >= 11 is 12.1. The van der Waals surface area contributed by atoms with Gasteiger partial charge in [-0.05, 0) is 26.0 Å². The van der Waals surface area contributed by atoms with Crippen LogP contribution >= 0.6 is 23.2 Å². The first-order chi connectivity index (χ1) is 7.42. The zero-order valence-electron chi connectivity index (χ0n) is 9.26. The largest absolute Gasteiger partial charge is 0.357 e. The third-order valence-corrected chi connectivity index (χ3v) is 3.73. The summed E-state index contributed by atoms with van der Waals surface area (Å²) in [6, 6.07) is 5.50. The second-order valence-electron chi connectivity index (χ2n) is 4.69. The molecule has 4 heteroatoms. The molecule has 1 aromatic rings. The average molecular weight is 258 g/mol. The standard InChI is InChI=1S/C12H13Cl2NO/c1-12(2)6-8(16)7-15(12)10-5-3-4-9(13)11(10)14/h3-5H,6-7H2,1-2H3. The predicted octanol–water partition coefficient (Wildman–Crippen LogP) is 3.55. The number of Topliss-reactive ketones (excluding diaryl/α,β-unsaturated/α-hetero) is 1. The number of hydrogen-bond donors (Lipinski definition) is 0. The fourth-order valence-corrected chi connectivity index (χ4v) is 2.53. The van der Waals surface area contributed by atoms with Gasteiger partial charge in [0, 0.05) is 12.0 Å². The first-order valence-electron chi connectivity index (χ1n) is 5.15. The molecule has 0 aliphatic carbocycles. The van der Waals surface area contributed by atoms with Crippen molar-refractivity contribution in [2.45, 2.75) is 25.8 Å². The van der Waals surface area contributed by atoms with Crippen molar-refractivity contribution in [2.24, 2.45) is 0 Å². The van der Waals surface area contributed by atoms with Crippen molar-refractivity contribution in [1.82, 2.24) is 0 Å². The van der Waals surface area contributed by atoms with Gasteiger partial charge in [-0.3, -0.25) is 4.79 Å². The summed E-state index contributed by atoms with van der Waals surface area (Å²) in [6.07, 6.45) is 0.551. The Morgan fingerprint density at radius 2 is 2.00 bits per heavy atom. The van der Waals surface area contributed by atoms with Gasteiger partial charge < -0.3 is 4.90 Å². The Labute approximate surface area is 105 Å². The molecule has 0 unspecified atom stereocenters. The monoisotopic (exact) mass is 257 g/mol. The van der Waals surface area contributed by atoms with E-state index < -0.39 is 0 Å². The van der Waals surface area contributed by atoms with E-state index in [-0.39, 0.29) is 11.3 Å². The molecule has 1 aromatic carbocycles. The van der Waals surface area contributed by atoms with Crippen LogP contribution in [0.2, 0.25) is 10.0 Å². The fraction of sp³-hybridized carbons (Fsp3) is 0.417. The molecule has 0 spiro atoms. The van der Waals surface area contributed by atoms with Crippen LogP contribution in [-0.2, 0) is 4.79 Å². The van der Waals surface area contributed by atoms with E-state index in [1.807, 2.05) is 30.9 Å². The summed E-state index contributed by atoms with van der Waals surface area (Å²) in [7, 11) is 0. The van der Waals surface area contributed by atoms with Gasteiger partial charge in [0.05, 0.1) is 22.3 Å². The quantitative estimate of drug-likeness (QED) is 0.767. The lowest BCUT2D eigenvalue weighted by atomic mass is 10.0.